The van der Waals surface area contributed by atoms with E-state index in [-0.39, 0.29) is 68.2 Å². The standard InChI is InChI=1S/C41H61NO4.C40H59NO4.C37H53NO2/c1-26(2)29-17-22-41(42-25-34(44-8)45-9)24-23-39(6)31(35(29)41)15-16-33-38(5)20-18-30(27-11-13-28(14-12-27)36(43)46-10)37(3,4)32(38)19-21-40(33,39)7;1-25(2)28-16-21-40(41-24-33(44-8)45-9)23-22-38(6)30(34(28)40)14-15-32-37(5)19-17-29(26-10-12-27(13-11-26)35(42)43)36(3,4)31(37)18-20-39(32,38)7;1-23(2)26-15-20-37(38)22-21-35(6)28(31(26)37)13-14-30-34(5)18-16-27(24-9-11-25(12-10-24)32(39)40-8)33(3,4)29(34)17-19-36(30,35)7/h11-14,18,29,31-35,42H,1,15-17,19-25H2,2-10H3;10-13,17,28,30-34,41H,1,14-16,18-24H2,2-9H3,(H,42,43);9-12,16,26,28-31H,1,13-15,17-22,38H2,2-8H3/t29-,31+,32-,33+,35+,38-,39+,40+,41-;28-,30+,31-,32+,34+,37-,38+,39+,40-;26-,28+,29-,30+,31+,34-,35+,36+,37-/m000/s1. The van der Waals surface area contributed by atoms with Crippen molar-refractivity contribution in [2.75, 3.05) is 55.7 Å². The second-order valence-corrected chi connectivity index (χ2v) is 50.3. The molecule has 18 rings (SSSR count). The lowest BCUT2D eigenvalue weighted by Crippen LogP contribution is -2.68. The number of esters is 2. The van der Waals surface area contributed by atoms with Crippen LogP contribution in [0.15, 0.2) is 127 Å². The van der Waals surface area contributed by atoms with Gasteiger partial charge in [-0.15, -0.1) is 0 Å². The molecule has 13 heteroatoms. The molecular weight excluding hydrogens is 1620 g/mol. The fourth-order valence-electron chi connectivity index (χ4n) is 38.1. The van der Waals surface area contributed by atoms with Crippen molar-refractivity contribution in [1.82, 2.24) is 10.6 Å². The lowest BCUT2D eigenvalue weighted by molar-refractivity contribution is -0.220. The lowest BCUT2D eigenvalue weighted by atomic mass is 9.33. The zero-order chi connectivity index (χ0) is 94.7. The van der Waals surface area contributed by atoms with Crippen LogP contribution in [0, 0.1) is 154 Å². The van der Waals surface area contributed by atoms with E-state index in [2.05, 4.69) is 197 Å². The van der Waals surface area contributed by atoms with Gasteiger partial charge in [0.2, 0.25) is 0 Å². The summed E-state index contributed by atoms with van der Waals surface area (Å²) in [5.74, 6) is 8.26. The summed E-state index contributed by atoms with van der Waals surface area (Å²) in [6, 6.07) is 23.8. The van der Waals surface area contributed by atoms with E-state index in [1.807, 2.05) is 36.4 Å². The van der Waals surface area contributed by atoms with Crippen LogP contribution in [0.1, 0.15) is 346 Å². The average Bonchev–Trinajstić information content (AvgIpc) is 1.62. The number of hydrogen-bond acceptors (Lipinski definition) is 12. The van der Waals surface area contributed by atoms with Gasteiger partial charge in [-0.1, -0.05) is 195 Å². The second-order valence-electron chi connectivity index (χ2n) is 50.3. The van der Waals surface area contributed by atoms with Crippen LogP contribution in [0.2, 0.25) is 0 Å². The number of hydrogen-bond donors (Lipinski definition) is 4. The first kappa shape index (κ1) is 98.3. The number of carboxylic acid groups (broad SMARTS) is 1. The van der Waals surface area contributed by atoms with Gasteiger partial charge in [0.25, 0.3) is 0 Å². The molecule has 12 fully saturated rings. The smallest absolute Gasteiger partial charge is 0.337 e. The minimum absolute atomic E-state index is 0.0198. The van der Waals surface area contributed by atoms with Crippen LogP contribution in [0.3, 0.4) is 0 Å². The third kappa shape index (κ3) is 15.0. The van der Waals surface area contributed by atoms with Gasteiger partial charge in [-0.3, -0.25) is 0 Å². The summed E-state index contributed by atoms with van der Waals surface area (Å²) in [6.45, 7) is 61.0. The summed E-state index contributed by atoms with van der Waals surface area (Å²) < 4.78 is 32.4. The van der Waals surface area contributed by atoms with Gasteiger partial charge in [-0.2, -0.15) is 0 Å². The minimum Gasteiger partial charge on any atom is -0.478 e. The van der Waals surface area contributed by atoms with Crippen molar-refractivity contribution in [3.63, 3.8) is 0 Å². The molecule has 12 saturated carbocycles. The number of ether oxygens (including phenoxy) is 6. The van der Waals surface area contributed by atoms with Crippen molar-refractivity contribution in [3.05, 3.63) is 161 Å². The zero-order valence-corrected chi connectivity index (χ0v) is 85.8. The second kappa shape index (κ2) is 35.0. The number of aromatic carboxylic acids is 1. The maximum Gasteiger partial charge on any atom is 0.337 e. The Morgan fingerprint density at radius 2 is 0.649 bits per heavy atom. The predicted octanol–water partition coefficient (Wildman–Crippen LogP) is 26.9. The van der Waals surface area contributed by atoms with Crippen molar-refractivity contribution in [2.45, 2.75) is 327 Å². The third-order valence-corrected chi connectivity index (χ3v) is 45.0. The molecule has 5 N–H and O–H groups in total. The Morgan fingerprint density at radius 1 is 0.359 bits per heavy atom. The molecule has 0 heterocycles. The molecule has 3 aromatic rings. The Bertz CT molecular complexity index is 4910. The molecule has 15 aliphatic carbocycles. The van der Waals surface area contributed by atoms with Gasteiger partial charge in [0.15, 0.2) is 12.6 Å². The molecular formula is C118H173N3O10. The van der Waals surface area contributed by atoms with Crippen LogP contribution in [0.25, 0.3) is 16.7 Å². The molecule has 0 spiro atoms. The summed E-state index contributed by atoms with van der Waals surface area (Å²) in [5.41, 5.74) is 24.1. The highest BCUT2D eigenvalue weighted by atomic mass is 16.7. The molecule has 27 atom stereocenters. The maximum atomic E-state index is 12.1. The Morgan fingerprint density at radius 3 is 0.947 bits per heavy atom. The van der Waals surface area contributed by atoms with E-state index in [1.165, 1.54) is 218 Å². The van der Waals surface area contributed by atoms with E-state index in [4.69, 9.17) is 34.2 Å². The molecule has 3 aromatic carbocycles. The fourth-order valence-corrected chi connectivity index (χ4v) is 38.1. The van der Waals surface area contributed by atoms with E-state index >= 15 is 0 Å². The number of carbonyl (C=O) groups is 3. The molecule has 720 valence electrons. The van der Waals surface area contributed by atoms with Gasteiger partial charge in [-0.05, 0) is 418 Å². The Labute approximate surface area is 791 Å². The fraction of sp³-hybridized carbons (Fsp3) is 0.720. The van der Waals surface area contributed by atoms with Crippen LogP contribution < -0.4 is 16.4 Å². The first-order valence-electron chi connectivity index (χ1n) is 51.8. The van der Waals surface area contributed by atoms with Crippen molar-refractivity contribution in [2.24, 2.45) is 159 Å². The van der Waals surface area contributed by atoms with Crippen molar-refractivity contribution < 1.29 is 47.9 Å². The Balaban J connectivity index is 0.000000144. The molecule has 15 aliphatic rings. The molecule has 0 unspecified atom stereocenters. The summed E-state index contributed by atoms with van der Waals surface area (Å²) >= 11 is 0. The molecule has 0 amide bonds. The first-order chi connectivity index (χ1) is 61.6. The van der Waals surface area contributed by atoms with Crippen molar-refractivity contribution >= 4 is 34.6 Å². The normalized spacial score (nSPS) is 42.6. The Kier molecular flexibility index (Phi) is 26.2. The largest absolute Gasteiger partial charge is 0.478 e. The number of nitrogens with two attached hydrogens (primary N) is 1. The van der Waals surface area contributed by atoms with Gasteiger partial charge in [0, 0.05) is 58.1 Å². The number of rotatable bonds is 19. The molecule has 0 aromatic heterocycles. The highest BCUT2D eigenvalue weighted by Gasteiger charge is 2.75. The van der Waals surface area contributed by atoms with Crippen molar-refractivity contribution in [3.8, 4) is 0 Å². The minimum atomic E-state index is -0.862. The average molecular weight is 1790 g/mol. The van der Waals surface area contributed by atoms with Crippen LogP contribution in [-0.4, -0.2) is 108 Å². The van der Waals surface area contributed by atoms with Gasteiger partial charge in [0.05, 0.1) is 30.9 Å². The van der Waals surface area contributed by atoms with Gasteiger partial charge < -0.3 is 49.9 Å². The summed E-state index contributed by atoms with van der Waals surface area (Å²) in [5, 5.41) is 17.6. The van der Waals surface area contributed by atoms with E-state index in [1.54, 1.807) is 40.6 Å². The monoisotopic (exact) mass is 1790 g/mol. The van der Waals surface area contributed by atoms with E-state index in [0.717, 1.165) is 38.3 Å². The van der Waals surface area contributed by atoms with Crippen LogP contribution in [0.4, 0.5) is 0 Å². The summed E-state index contributed by atoms with van der Waals surface area (Å²) in [6.07, 6.45) is 41.2. The maximum absolute atomic E-state index is 12.1. The zero-order valence-electron chi connectivity index (χ0n) is 85.8. The molecule has 0 radical (unpaired) electrons. The third-order valence-electron chi connectivity index (χ3n) is 45.0. The SMILES string of the molecule is C=C(C)[C@@H]1CC[C@]2(N)CC[C@]3(C)[C@H](CC[C@@H]4[C@@]5(C)CC=C(c6ccc(C(=O)OC)cc6)C(C)(C)[C@@H]5CC[C@]43C)[C@@H]12.C=C(C)[C@@H]1CC[C@]2(NCC(OC)OC)CC[C@]3(C)[C@H](CC[C@@H]4[C@@]5(C)CC=C(c6ccc(C(=O)O)cc6)C(C)(C)[C@@H]5CC[C@]43C)[C@@H]12.C=C(C)[C@@H]1CC[C@]2(NCC(OC)OC)CC[C@]3(C)[C@H](CC[C@@H]4[C@@]5(C)CC=C(c6ccc(C(=O)OC)cc6)C(C)(C)[C@@H]5CC[C@]43C)[C@@H]12. The molecule has 131 heavy (non-hydrogen) atoms. The van der Waals surface area contributed by atoms with E-state index < -0.39 is 5.97 Å². The first-order valence-corrected chi connectivity index (χ1v) is 51.8. The quantitative estimate of drug-likeness (QED) is 0.0507. The van der Waals surface area contributed by atoms with Crippen LogP contribution in [0.5, 0.6) is 0 Å². The predicted molar refractivity (Wildman–Crippen MR) is 533 cm³/mol. The number of fused-ring (bicyclic) bond motifs is 21. The Hall–Kier alpha value is -5.77. The van der Waals surface area contributed by atoms with Crippen LogP contribution >= 0.6 is 0 Å². The number of carboxylic acids is 1. The summed E-state index contributed by atoms with van der Waals surface area (Å²) in [4.78, 5) is 35.7. The highest BCUT2D eigenvalue weighted by Crippen LogP contribution is 2.82. The number of benzene rings is 3. The molecule has 0 aliphatic heterocycles. The van der Waals surface area contributed by atoms with Gasteiger partial charge >= 0.3 is 17.9 Å². The molecule has 0 bridgehead atoms. The van der Waals surface area contributed by atoms with Crippen molar-refractivity contribution in [1.29, 1.82) is 0 Å². The lowest BCUT2D eigenvalue weighted by Gasteiger charge is -2.72. The van der Waals surface area contributed by atoms with Crippen LogP contribution in [-0.2, 0) is 28.4 Å². The van der Waals surface area contributed by atoms with Gasteiger partial charge in [-0.25, -0.2) is 14.4 Å². The summed E-state index contributed by atoms with van der Waals surface area (Å²) in [7, 11) is 9.88. The highest BCUT2D eigenvalue weighted by molar-refractivity contribution is 5.91. The van der Waals surface area contributed by atoms with E-state index in [0.29, 0.717) is 137 Å². The van der Waals surface area contributed by atoms with Gasteiger partial charge in [0.1, 0.15) is 0 Å². The number of carbonyl (C=O) groups excluding carboxylic acids is 2. The van der Waals surface area contributed by atoms with E-state index in [9.17, 15) is 19.5 Å². The number of allylic oxidation sites excluding steroid dienone is 9. The number of methoxy groups -OCH3 is 6. The number of nitrogens with one attached hydrogen (secondary N) is 2. The molecule has 13 nitrogen and oxygen atoms in total. The molecule has 0 saturated heterocycles. The topological polar surface area (TPSA) is 177 Å².